The van der Waals surface area contributed by atoms with Crippen LogP contribution in [0.15, 0.2) is 165 Å². The van der Waals surface area contributed by atoms with Crippen molar-refractivity contribution in [2.75, 3.05) is 0 Å². The molecule has 0 radical (unpaired) electrons. The van der Waals surface area contributed by atoms with E-state index in [-0.39, 0.29) is 39.6 Å². The molecule has 2 N–H and O–H groups in total. The van der Waals surface area contributed by atoms with E-state index in [0.717, 1.165) is 21.8 Å². The van der Waals surface area contributed by atoms with E-state index in [4.69, 9.17) is 4.52 Å². The number of rotatable bonds is 11. The number of benzene rings is 3. The van der Waals surface area contributed by atoms with Crippen LogP contribution in [0.5, 0.6) is 0 Å². The molecule has 0 unspecified atom stereocenters. The minimum atomic E-state index is -4.68. The number of halogens is 3. The van der Waals surface area contributed by atoms with Gasteiger partial charge in [-0.05, 0) is 77.2 Å². The summed E-state index contributed by atoms with van der Waals surface area (Å²) in [5, 5.41) is 9.62. The number of nitrogens with zero attached hydrogens (tertiary/aromatic N) is 7. The Morgan fingerprint density at radius 3 is 2.11 bits per heavy atom. The quantitative estimate of drug-likeness (QED) is 0.130. The number of pyridine rings is 2. The molecule has 9 rings (SSSR count). The highest BCUT2D eigenvalue weighted by Gasteiger charge is 2.32. The first kappa shape index (κ1) is 44.9. The van der Waals surface area contributed by atoms with E-state index in [1.54, 1.807) is 78.7 Å². The topological polar surface area (TPSA) is 221 Å². The molecule has 16 nitrogen and oxygen atoms in total. The predicted octanol–water partition coefficient (Wildman–Crippen LogP) is 7.32. The van der Waals surface area contributed by atoms with Crippen LogP contribution in [0.1, 0.15) is 42.6 Å². The molecule has 22 heteroatoms. The second kappa shape index (κ2) is 18.4. The fourth-order valence-corrected chi connectivity index (χ4v) is 9.74. The standard InChI is InChI=1S/C23H18N6O4S.C21H14F3N3O3S2/c1-15-27-21(28-33-15)17-3-2-4-20(11-17)34(31,32)19-7-5-16(6-8-19)12-25-22(30)18-13-26-23-24-9-10-29(23)14-18;22-21(23,24)15-6-8-26-19(10-15)32(29,30)16-3-1-13(2-4-16)11-27-20(28)17-9-14-5-7-25-12-18(14)31-17/h2-11,13-14H,12H2,1H3,(H,25,30);1-10,12H,11H2,(H,27,28). The Balaban J connectivity index is 0.000000180. The smallest absolute Gasteiger partial charge is 0.348 e. The number of thiophene rings is 1. The summed E-state index contributed by atoms with van der Waals surface area (Å²) in [4.78, 5) is 45.3. The Morgan fingerprint density at radius 1 is 0.742 bits per heavy atom. The number of alkyl halides is 3. The van der Waals surface area contributed by atoms with E-state index < -0.39 is 36.4 Å². The lowest BCUT2D eigenvalue weighted by atomic mass is 10.2. The van der Waals surface area contributed by atoms with Crippen molar-refractivity contribution in [3.05, 3.63) is 173 Å². The molecule has 3 aromatic carbocycles. The third-order valence-corrected chi connectivity index (χ3v) is 14.2. The Kier molecular flexibility index (Phi) is 12.5. The van der Waals surface area contributed by atoms with Crippen molar-refractivity contribution in [1.82, 2.24) is 45.1 Å². The van der Waals surface area contributed by atoms with Crippen LogP contribution < -0.4 is 10.6 Å². The number of carbonyl (C=O) groups is 2. The lowest BCUT2D eigenvalue weighted by molar-refractivity contribution is -0.137. The molecule has 0 spiro atoms. The third kappa shape index (κ3) is 9.99. The maximum absolute atomic E-state index is 13.1. The van der Waals surface area contributed by atoms with Crippen LogP contribution in [-0.4, -0.2) is 63.1 Å². The van der Waals surface area contributed by atoms with Gasteiger partial charge in [-0.1, -0.05) is 41.6 Å². The lowest BCUT2D eigenvalue weighted by Crippen LogP contribution is -2.23. The number of aromatic nitrogens is 7. The number of fused-ring (bicyclic) bond motifs is 2. The summed E-state index contributed by atoms with van der Waals surface area (Å²) in [7, 11) is -7.99. The minimum Gasteiger partial charge on any atom is -0.348 e. The molecule has 66 heavy (non-hydrogen) atoms. The maximum atomic E-state index is 13.1. The molecule has 2 amide bonds. The summed E-state index contributed by atoms with van der Waals surface area (Å²) < 4.78 is 97.7. The number of nitrogens with one attached hydrogen (secondary N) is 2. The van der Waals surface area contributed by atoms with Crippen LogP contribution in [0.2, 0.25) is 0 Å². The molecule has 0 bridgehead atoms. The van der Waals surface area contributed by atoms with Gasteiger partial charge in [0, 0.05) is 69.0 Å². The molecule has 0 atom stereocenters. The number of sulfone groups is 2. The molecule has 6 heterocycles. The SMILES string of the molecule is Cc1nc(-c2cccc(S(=O)(=O)c3ccc(CNC(=O)c4cnc5nccn5c4)cc3)c2)no1.O=C(NCc1ccc(S(=O)(=O)c2cc(C(F)(F)F)ccn2)cc1)c1cc2ccncc2s1. The van der Waals surface area contributed by atoms with E-state index in [1.807, 2.05) is 0 Å². The molecule has 0 aliphatic rings. The molecule has 9 aromatic rings. The molecule has 6 aromatic heterocycles. The molecule has 0 saturated carbocycles. The van der Waals surface area contributed by atoms with Crippen LogP contribution in [0.3, 0.4) is 0 Å². The van der Waals surface area contributed by atoms with Gasteiger partial charge in [0.15, 0.2) is 5.03 Å². The van der Waals surface area contributed by atoms with Gasteiger partial charge in [-0.2, -0.15) is 18.2 Å². The van der Waals surface area contributed by atoms with Crippen LogP contribution in [0, 0.1) is 6.92 Å². The molecule has 0 aliphatic carbocycles. The zero-order valence-corrected chi connectivity index (χ0v) is 36.5. The van der Waals surface area contributed by atoms with Crippen LogP contribution >= 0.6 is 11.3 Å². The van der Waals surface area contributed by atoms with E-state index >= 15 is 0 Å². The van der Waals surface area contributed by atoms with Gasteiger partial charge in [0.2, 0.25) is 37.2 Å². The van der Waals surface area contributed by atoms with Gasteiger partial charge in [-0.15, -0.1) is 11.3 Å². The van der Waals surface area contributed by atoms with Crippen molar-refractivity contribution in [2.45, 2.75) is 45.9 Å². The second-order valence-corrected chi connectivity index (χ2v) is 19.1. The van der Waals surface area contributed by atoms with E-state index in [2.05, 4.69) is 40.7 Å². The lowest BCUT2D eigenvalue weighted by Gasteiger charge is -2.09. The zero-order valence-electron chi connectivity index (χ0n) is 34.0. The van der Waals surface area contributed by atoms with Gasteiger partial charge in [0.1, 0.15) is 0 Å². The highest BCUT2D eigenvalue weighted by Crippen LogP contribution is 2.31. The molecular formula is C44H32F3N9O7S3. The number of imidazole rings is 1. The second-order valence-electron chi connectivity index (χ2n) is 14.2. The molecule has 0 fully saturated rings. The normalized spacial score (nSPS) is 11.8. The van der Waals surface area contributed by atoms with Gasteiger partial charge >= 0.3 is 6.18 Å². The van der Waals surface area contributed by atoms with Crippen LogP contribution in [0.4, 0.5) is 13.2 Å². The molecule has 334 valence electrons. The van der Waals surface area contributed by atoms with Crippen LogP contribution in [0.25, 0.3) is 27.3 Å². The van der Waals surface area contributed by atoms with Gasteiger partial charge in [0.05, 0.1) is 35.4 Å². The number of amides is 2. The summed E-state index contributed by atoms with van der Waals surface area (Å²) in [6.45, 7) is 2.04. The van der Waals surface area contributed by atoms with Crippen LogP contribution in [-0.2, 0) is 38.9 Å². The Labute approximate surface area is 377 Å². The van der Waals surface area contributed by atoms with Gasteiger partial charge < -0.3 is 15.2 Å². The highest BCUT2D eigenvalue weighted by molar-refractivity contribution is 7.91. The first-order valence-corrected chi connectivity index (χ1v) is 23.1. The van der Waals surface area contributed by atoms with E-state index in [0.29, 0.717) is 51.2 Å². The molecular weight excluding hydrogens is 920 g/mol. The average molecular weight is 952 g/mol. The van der Waals surface area contributed by atoms with Crippen molar-refractivity contribution in [2.24, 2.45) is 0 Å². The van der Waals surface area contributed by atoms with Crippen molar-refractivity contribution in [3.63, 3.8) is 0 Å². The Morgan fingerprint density at radius 2 is 1.44 bits per heavy atom. The van der Waals surface area contributed by atoms with Gasteiger partial charge in [0.25, 0.3) is 11.8 Å². The van der Waals surface area contributed by atoms with Crippen molar-refractivity contribution in [3.8, 4) is 11.4 Å². The fraction of sp³-hybridized carbons (Fsp3) is 0.0909. The number of hydrogen-bond donors (Lipinski definition) is 2. The number of hydrogen-bond acceptors (Lipinski definition) is 14. The van der Waals surface area contributed by atoms with Crippen molar-refractivity contribution < 1.29 is 44.1 Å². The van der Waals surface area contributed by atoms with Crippen molar-refractivity contribution in [1.29, 1.82) is 0 Å². The predicted molar refractivity (Wildman–Crippen MR) is 232 cm³/mol. The largest absolute Gasteiger partial charge is 0.416 e. The first-order valence-electron chi connectivity index (χ1n) is 19.4. The number of carbonyl (C=O) groups excluding carboxylic acids is 2. The van der Waals surface area contributed by atoms with E-state index in [9.17, 15) is 39.6 Å². The van der Waals surface area contributed by atoms with Gasteiger partial charge in [-0.3, -0.25) is 19.0 Å². The summed E-state index contributed by atoms with van der Waals surface area (Å²) in [5.74, 6) is 0.642. The summed E-state index contributed by atoms with van der Waals surface area (Å²) >= 11 is 1.31. The first-order chi connectivity index (χ1) is 31.5. The summed E-state index contributed by atoms with van der Waals surface area (Å²) in [6.07, 6.45) is 5.85. The zero-order chi connectivity index (χ0) is 46.6. The fourth-order valence-electron chi connectivity index (χ4n) is 6.27. The summed E-state index contributed by atoms with van der Waals surface area (Å²) in [5.41, 5.74) is 1.21. The maximum Gasteiger partial charge on any atom is 0.416 e. The average Bonchev–Trinajstić information content (AvgIpc) is 4.10. The highest BCUT2D eigenvalue weighted by atomic mass is 32.2. The number of aryl methyl sites for hydroxylation is 1. The van der Waals surface area contributed by atoms with Crippen molar-refractivity contribution >= 4 is 58.7 Å². The molecule has 0 aliphatic heterocycles. The van der Waals surface area contributed by atoms with Gasteiger partial charge in [-0.25, -0.2) is 31.8 Å². The summed E-state index contributed by atoms with van der Waals surface area (Å²) in [6, 6.07) is 23.0. The third-order valence-electron chi connectivity index (χ3n) is 9.70. The Bertz CT molecular complexity index is 3440. The molecule has 0 saturated heterocycles. The van der Waals surface area contributed by atoms with E-state index in [1.165, 1.54) is 66.1 Å². The Hall–Kier alpha value is -7.69. The minimum absolute atomic E-state index is 0.121. The monoisotopic (exact) mass is 951 g/mol.